The summed E-state index contributed by atoms with van der Waals surface area (Å²) in [4.78, 5) is 31.0. The monoisotopic (exact) mass is 435 g/mol. The Morgan fingerprint density at radius 2 is 1.88 bits per heavy atom. The molecule has 0 fully saturated rings. The molecule has 2 aromatic rings. The molecule has 0 aromatic heterocycles. The highest BCUT2D eigenvalue weighted by Gasteiger charge is 2.44. The van der Waals surface area contributed by atoms with Gasteiger partial charge in [0.25, 0.3) is 0 Å². The Morgan fingerprint density at radius 1 is 1.12 bits per heavy atom. The molecule has 0 bridgehead atoms. The van der Waals surface area contributed by atoms with Crippen LogP contribution in [0.2, 0.25) is 0 Å². The van der Waals surface area contributed by atoms with Crippen LogP contribution in [0, 0.1) is 11.7 Å². The van der Waals surface area contributed by atoms with Gasteiger partial charge >= 0.3 is 5.97 Å². The predicted octanol–water partition coefficient (Wildman–Crippen LogP) is 4.97. The van der Waals surface area contributed by atoms with Crippen LogP contribution in [0.5, 0.6) is 5.75 Å². The van der Waals surface area contributed by atoms with Crippen molar-refractivity contribution in [3.8, 4) is 5.75 Å². The van der Waals surface area contributed by atoms with E-state index in [2.05, 4.69) is 0 Å². The van der Waals surface area contributed by atoms with Gasteiger partial charge in [-0.1, -0.05) is 24.3 Å². The largest absolute Gasteiger partial charge is 0.497 e. The highest BCUT2D eigenvalue weighted by Crippen LogP contribution is 2.47. The van der Waals surface area contributed by atoms with Crippen LogP contribution in [0.3, 0.4) is 0 Å². The van der Waals surface area contributed by atoms with Crippen molar-refractivity contribution < 1.29 is 23.5 Å². The van der Waals surface area contributed by atoms with E-state index in [1.54, 1.807) is 33.1 Å². The Balaban J connectivity index is 1.77. The molecule has 166 valence electrons. The Labute approximate surface area is 187 Å². The lowest BCUT2D eigenvalue weighted by Gasteiger charge is -2.36. The highest BCUT2D eigenvalue weighted by atomic mass is 19.1. The lowest BCUT2D eigenvalue weighted by atomic mass is 9.69. The fourth-order valence-corrected chi connectivity index (χ4v) is 4.77. The Hall–Kier alpha value is -3.28. The summed E-state index contributed by atoms with van der Waals surface area (Å²) < 4.78 is 24.6. The van der Waals surface area contributed by atoms with E-state index in [1.807, 2.05) is 24.3 Å². The van der Waals surface area contributed by atoms with Crippen LogP contribution in [-0.4, -0.2) is 31.2 Å². The van der Waals surface area contributed by atoms with Crippen LogP contribution in [0.15, 0.2) is 64.8 Å². The fourth-order valence-electron chi connectivity index (χ4n) is 4.77. The molecule has 5 nitrogen and oxygen atoms in total. The molecule has 1 heterocycles. The summed E-state index contributed by atoms with van der Waals surface area (Å²) in [6.45, 7) is 3.73. The molecular formula is C26H26FNO4. The van der Waals surface area contributed by atoms with Crippen LogP contribution >= 0.6 is 0 Å². The van der Waals surface area contributed by atoms with Gasteiger partial charge in [-0.05, 0) is 61.6 Å². The van der Waals surface area contributed by atoms with E-state index in [1.165, 1.54) is 12.1 Å². The van der Waals surface area contributed by atoms with Gasteiger partial charge in [0.05, 0.1) is 13.7 Å². The summed E-state index contributed by atoms with van der Waals surface area (Å²) in [5.74, 6) is -1.54. The van der Waals surface area contributed by atoms with Gasteiger partial charge in [-0.2, -0.15) is 0 Å². The van der Waals surface area contributed by atoms with Crippen molar-refractivity contribution in [1.29, 1.82) is 0 Å². The first kappa shape index (κ1) is 21.9. The average Bonchev–Trinajstić information content (AvgIpc) is 2.78. The third-order valence-corrected chi connectivity index (χ3v) is 6.22. The van der Waals surface area contributed by atoms with Gasteiger partial charge in [0.15, 0.2) is 5.78 Å². The summed E-state index contributed by atoms with van der Waals surface area (Å²) in [6, 6.07) is 13.8. The number of rotatable bonds is 5. The summed E-state index contributed by atoms with van der Waals surface area (Å²) in [5, 5.41) is 0. The average molecular weight is 435 g/mol. The third-order valence-electron chi connectivity index (χ3n) is 6.22. The second-order valence-corrected chi connectivity index (χ2v) is 8.18. The zero-order valence-electron chi connectivity index (χ0n) is 18.4. The minimum atomic E-state index is -0.753. The molecule has 0 amide bonds. The van der Waals surface area contributed by atoms with Gasteiger partial charge < -0.3 is 9.47 Å². The van der Waals surface area contributed by atoms with E-state index in [4.69, 9.17) is 14.5 Å². The molecule has 2 aromatic carbocycles. The number of ketones is 1. The van der Waals surface area contributed by atoms with Crippen LogP contribution in [0.25, 0.3) is 0 Å². The van der Waals surface area contributed by atoms with E-state index in [-0.39, 0.29) is 18.3 Å². The number of ether oxygens (including phenoxy) is 2. The molecule has 0 radical (unpaired) electrons. The molecule has 6 heteroatoms. The molecule has 1 unspecified atom stereocenters. The number of aliphatic imine (C=N–C) groups is 1. The minimum absolute atomic E-state index is 0.0176. The van der Waals surface area contributed by atoms with E-state index < -0.39 is 23.6 Å². The van der Waals surface area contributed by atoms with Crippen LogP contribution < -0.4 is 4.74 Å². The summed E-state index contributed by atoms with van der Waals surface area (Å²) in [5.41, 5.74) is 3.38. The lowest BCUT2D eigenvalue weighted by Crippen LogP contribution is -2.38. The molecule has 3 atom stereocenters. The van der Waals surface area contributed by atoms with Gasteiger partial charge in [-0.25, -0.2) is 4.39 Å². The van der Waals surface area contributed by atoms with Crippen molar-refractivity contribution in [3.63, 3.8) is 0 Å². The number of methoxy groups -OCH3 is 1. The number of carbonyl (C=O) groups is 2. The standard InChI is InChI=1S/C26H26FNO4/c1-4-32-26(30)23-15(2)28-21-13-18(16-8-10-20(31-3)11-9-16)14-22(29)25(21)24(23)17-6-5-7-19(27)12-17/h5-12,18,23-24H,4,13-14H2,1-3H3/t18-,23?,24-/m1/s1. The maximum Gasteiger partial charge on any atom is 0.315 e. The first-order valence-corrected chi connectivity index (χ1v) is 10.8. The van der Waals surface area contributed by atoms with Gasteiger partial charge in [-0.15, -0.1) is 0 Å². The molecule has 0 N–H and O–H groups in total. The maximum atomic E-state index is 14.1. The topological polar surface area (TPSA) is 65.0 Å². The zero-order chi connectivity index (χ0) is 22.8. The van der Waals surface area contributed by atoms with Gasteiger partial charge in [0, 0.05) is 29.3 Å². The molecule has 0 spiro atoms. The van der Waals surface area contributed by atoms with Crippen molar-refractivity contribution in [2.45, 2.75) is 38.5 Å². The van der Waals surface area contributed by atoms with Gasteiger partial charge in [0.2, 0.25) is 0 Å². The first-order chi connectivity index (χ1) is 15.4. The summed E-state index contributed by atoms with van der Waals surface area (Å²) in [6.07, 6.45) is 0.882. The number of nitrogens with zero attached hydrogens (tertiary/aromatic N) is 1. The molecule has 2 aliphatic rings. The molecule has 0 saturated heterocycles. The number of halogens is 1. The number of hydrogen-bond donors (Lipinski definition) is 0. The number of esters is 1. The van der Waals surface area contributed by atoms with E-state index >= 15 is 0 Å². The SMILES string of the molecule is CCOC(=O)C1C(C)=NC2=C(C(=O)C[C@H](c3ccc(OC)cc3)C2)[C@@H]1c1cccc(F)c1. The number of hydrogen-bond acceptors (Lipinski definition) is 5. The van der Waals surface area contributed by atoms with Crippen molar-refractivity contribution in [2.24, 2.45) is 10.9 Å². The van der Waals surface area contributed by atoms with Crippen molar-refractivity contribution >= 4 is 17.5 Å². The molecule has 0 saturated carbocycles. The van der Waals surface area contributed by atoms with Crippen LogP contribution in [0.4, 0.5) is 4.39 Å². The molecule has 1 aliphatic carbocycles. The van der Waals surface area contributed by atoms with Gasteiger partial charge in [0.1, 0.15) is 17.5 Å². The Morgan fingerprint density at radius 3 is 2.53 bits per heavy atom. The Kier molecular flexibility index (Phi) is 6.21. The quantitative estimate of drug-likeness (QED) is 0.622. The number of Topliss-reactive ketones (excluding diaryl/α,β-unsaturated/α-hetero) is 1. The first-order valence-electron chi connectivity index (χ1n) is 10.8. The lowest BCUT2D eigenvalue weighted by molar-refractivity contribution is -0.146. The van der Waals surface area contributed by atoms with Gasteiger partial charge in [-0.3, -0.25) is 14.6 Å². The second-order valence-electron chi connectivity index (χ2n) is 8.18. The molecule has 32 heavy (non-hydrogen) atoms. The van der Waals surface area contributed by atoms with Crippen LogP contribution in [0.1, 0.15) is 49.7 Å². The van der Waals surface area contributed by atoms with E-state index in [9.17, 15) is 14.0 Å². The van der Waals surface area contributed by atoms with Crippen molar-refractivity contribution in [3.05, 3.63) is 76.7 Å². The molecule has 1 aliphatic heterocycles. The zero-order valence-corrected chi connectivity index (χ0v) is 18.4. The molecule has 4 rings (SSSR count). The Bertz CT molecular complexity index is 1100. The summed E-state index contributed by atoms with van der Waals surface area (Å²) >= 11 is 0. The summed E-state index contributed by atoms with van der Waals surface area (Å²) in [7, 11) is 1.61. The fraction of sp³-hybridized carbons (Fsp3) is 0.346. The molecular weight excluding hydrogens is 409 g/mol. The van der Waals surface area contributed by atoms with Crippen LogP contribution in [-0.2, 0) is 14.3 Å². The van der Waals surface area contributed by atoms with E-state index in [0.29, 0.717) is 35.4 Å². The predicted molar refractivity (Wildman–Crippen MR) is 119 cm³/mol. The third kappa shape index (κ3) is 4.09. The number of allylic oxidation sites excluding steroid dienone is 2. The van der Waals surface area contributed by atoms with Crippen molar-refractivity contribution in [1.82, 2.24) is 0 Å². The highest BCUT2D eigenvalue weighted by molar-refractivity contribution is 6.09. The number of carbonyl (C=O) groups excluding carboxylic acids is 2. The smallest absolute Gasteiger partial charge is 0.315 e. The number of benzene rings is 2. The van der Waals surface area contributed by atoms with E-state index in [0.717, 1.165) is 11.3 Å². The minimum Gasteiger partial charge on any atom is -0.497 e. The second kappa shape index (κ2) is 9.07. The maximum absolute atomic E-state index is 14.1. The normalized spacial score (nSPS) is 22.8. The van der Waals surface area contributed by atoms with Crippen molar-refractivity contribution in [2.75, 3.05) is 13.7 Å².